The molecule has 0 aliphatic heterocycles. The highest BCUT2D eigenvalue weighted by atomic mass is 19.1. The number of rotatable bonds is 2. The van der Waals surface area contributed by atoms with Crippen LogP contribution >= 0.6 is 0 Å². The molecule has 2 rings (SSSR count). The molecule has 2 aromatic rings. The van der Waals surface area contributed by atoms with Crippen molar-refractivity contribution < 1.29 is 14.3 Å². The van der Waals surface area contributed by atoms with Crippen molar-refractivity contribution in [1.82, 2.24) is 0 Å². The summed E-state index contributed by atoms with van der Waals surface area (Å²) < 4.78 is 13.5. The molecule has 0 saturated heterocycles. The van der Waals surface area contributed by atoms with E-state index >= 15 is 0 Å². The first-order chi connectivity index (χ1) is 8.09. The summed E-state index contributed by atoms with van der Waals surface area (Å²) in [5.41, 5.74) is 2.31. The van der Waals surface area contributed by atoms with Crippen LogP contribution in [-0.4, -0.2) is 11.1 Å². The van der Waals surface area contributed by atoms with Crippen molar-refractivity contribution in [3.63, 3.8) is 0 Å². The molecule has 2 aromatic carbocycles. The van der Waals surface area contributed by atoms with Gasteiger partial charge >= 0.3 is 5.97 Å². The third-order valence-electron chi connectivity index (χ3n) is 2.66. The molecule has 0 bridgehead atoms. The fourth-order valence-electron chi connectivity index (χ4n) is 1.75. The Hall–Kier alpha value is -2.16. The predicted octanol–water partition coefficient (Wildman–Crippen LogP) is 3.50. The van der Waals surface area contributed by atoms with Gasteiger partial charge in [0.25, 0.3) is 0 Å². The fraction of sp³-hybridized carbons (Fsp3) is 0.0714. The Morgan fingerprint density at radius 1 is 1.18 bits per heavy atom. The molecule has 0 amide bonds. The van der Waals surface area contributed by atoms with Gasteiger partial charge in [0, 0.05) is 0 Å². The predicted molar refractivity (Wildman–Crippen MR) is 63.5 cm³/mol. The molecule has 0 atom stereocenters. The number of benzene rings is 2. The Morgan fingerprint density at radius 2 is 1.88 bits per heavy atom. The third kappa shape index (κ3) is 2.18. The number of halogens is 1. The molecule has 0 aromatic heterocycles. The van der Waals surface area contributed by atoms with E-state index in [1.165, 1.54) is 12.1 Å². The van der Waals surface area contributed by atoms with Crippen LogP contribution in [0.4, 0.5) is 4.39 Å². The highest BCUT2D eigenvalue weighted by Crippen LogP contribution is 2.24. The van der Waals surface area contributed by atoms with Crippen LogP contribution in [0.5, 0.6) is 0 Å². The van der Waals surface area contributed by atoms with Crippen LogP contribution in [0.1, 0.15) is 15.9 Å². The first-order valence-electron chi connectivity index (χ1n) is 5.18. The molecule has 0 aliphatic rings. The minimum absolute atomic E-state index is 0.303. The smallest absolute Gasteiger partial charge is 0.338 e. The number of hydrogen-bond donors (Lipinski definition) is 1. The molecule has 0 aliphatic carbocycles. The maximum atomic E-state index is 13.5. The Morgan fingerprint density at radius 3 is 2.47 bits per heavy atom. The Balaban J connectivity index is 2.52. The van der Waals surface area contributed by atoms with Gasteiger partial charge in [0.05, 0.1) is 5.56 Å². The normalized spacial score (nSPS) is 10.2. The number of aromatic carboxylic acids is 1. The number of carboxylic acids is 1. The van der Waals surface area contributed by atoms with Gasteiger partial charge in [0.15, 0.2) is 0 Å². The van der Waals surface area contributed by atoms with Crippen LogP contribution in [0.25, 0.3) is 11.1 Å². The van der Waals surface area contributed by atoms with Crippen LogP contribution in [0.15, 0.2) is 42.5 Å². The van der Waals surface area contributed by atoms with E-state index in [4.69, 9.17) is 5.11 Å². The largest absolute Gasteiger partial charge is 0.478 e. The van der Waals surface area contributed by atoms with E-state index in [-0.39, 0.29) is 5.56 Å². The molecule has 0 unspecified atom stereocenters. The summed E-state index contributed by atoms with van der Waals surface area (Å²) in [6.45, 7) is 1.93. The van der Waals surface area contributed by atoms with E-state index < -0.39 is 11.8 Å². The SMILES string of the molecule is Cc1ccccc1-c1ccc(C(=O)O)c(F)c1. The lowest BCUT2D eigenvalue weighted by Crippen LogP contribution is -2.00. The van der Waals surface area contributed by atoms with Crippen LogP contribution in [-0.2, 0) is 0 Å². The van der Waals surface area contributed by atoms with E-state index in [0.29, 0.717) is 5.56 Å². The molecule has 17 heavy (non-hydrogen) atoms. The quantitative estimate of drug-likeness (QED) is 0.857. The molecular weight excluding hydrogens is 219 g/mol. The van der Waals surface area contributed by atoms with E-state index in [2.05, 4.69) is 0 Å². The maximum absolute atomic E-state index is 13.5. The zero-order valence-corrected chi connectivity index (χ0v) is 9.27. The summed E-state index contributed by atoms with van der Waals surface area (Å²) in [6.07, 6.45) is 0. The van der Waals surface area contributed by atoms with Gasteiger partial charge in [-0.3, -0.25) is 0 Å². The first kappa shape index (κ1) is 11.3. The van der Waals surface area contributed by atoms with Crippen molar-refractivity contribution in [1.29, 1.82) is 0 Å². The maximum Gasteiger partial charge on any atom is 0.338 e. The van der Waals surface area contributed by atoms with Crippen molar-refractivity contribution in [3.05, 3.63) is 59.4 Å². The van der Waals surface area contributed by atoms with Crippen LogP contribution in [0.2, 0.25) is 0 Å². The standard InChI is InChI=1S/C14H11FO2/c1-9-4-2-3-5-11(9)10-6-7-12(14(16)17)13(15)8-10/h2-8H,1H3,(H,16,17). The van der Waals surface area contributed by atoms with E-state index in [1.807, 2.05) is 31.2 Å². The average molecular weight is 230 g/mol. The van der Waals surface area contributed by atoms with Gasteiger partial charge in [-0.25, -0.2) is 9.18 Å². The topological polar surface area (TPSA) is 37.3 Å². The number of aryl methyl sites for hydroxylation is 1. The summed E-state index contributed by atoms with van der Waals surface area (Å²) >= 11 is 0. The van der Waals surface area contributed by atoms with E-state index in [9.17, 15) is 9.18 Å². The van der Waals surface area contributed by atoms with Crippen LogP contribution in [0, 0.1) is 12.7 Å². The lowest BCUT2D eigenvalue weighted by atomic mass is 9.99. The Kier molecular flexibility index (Phi) is 2.91. The van der Waals surface area contributed by atoms with Gasteiger partial charge in [-0.05, 0) is 35.7 Å². The van der Waals surface area contributed by atoms with E-state index in [0.717, 1.165) is 11.1 Å². The molecule has 86 valence electrons. The third-order valence-corrected chi connectivity index (χ3v) is 2.66. The van der Waals surface area contributed by atoms with E-state index in [1.54, 1.807) is 6.07 Å². The minimum atomic E-state index is -1.25. The lowest BCUT2D eigenvalue weighted by molar-refractivity contribution is 0.0692. The van der Waals surface area contributed by atoms with Gasteiger partial charge < -0.3 is 5.11 Å². The highest BCUT2D eigenvalue weighted by Gasteiger charge is 2.11. The van der Waals surface area contributed by atoms with Crippen LogP contribution in [0.3, 0.4) is 0 Å². The Bertz CT molecular complexity index is 576. The molecular formula is C14H11FO2. The molecule has 3 heteroatoms. The summed E-state index contributed by atoms with van der Waals surface area (Å²) in [5, 5.41) is 8.74. The van der Waals surface area contributed by atoms with Crippen molar-refractivity contribution in [2.75, 3.05) is 0 Å². The second-order valence-corrected chi connectivity index (χ2v) is 3.81. The summed E-state index contributed by atoms with van der Waals surface area (Å²) in [5.74, 6) is -1.96. The first-order valence-corrected chi connectivity index (χ1v) is 5.18. The molecule has 0 saturated carbocycles. The van der Waals surface area contributed by atoms with Crippen molar-refractivity contribution in [2.24, 2.45) is 0 Å². The number of hydrogen-bond acceptors (Lipinski definition) is 1. The van der Waals surface area contributed by atoms with Crippen molar-refractivity contribution >= 4 is 5.97 Å². The summed E-state index contributed by atoms with van der Waals surface area (Å²) in [7, 11) is 0. The minimum Gasteiger partial charge on any atom is -0.478 e. The summed E-state index contributed by atoms with van der Waals surface area (Å²) in [4.78, 5) is 10.7. The Labute approximate surface area is 98.3 Å². The second kappa shape index (κ2) is 4.37. The fourth-order valence-corrected chi connectivity index (χ4v) is 1.75. The second-order valence-electron chi connectivity index (χ2n) is 3.81. The van der Waals surface area contributed by atoms with Gasteiger partial charge in [-0.1, -0.05) is 30.3 Å². The highest BCUT2D eigenvalue weighted by molar-refractivity contribution is 5.88. The van der Waals surface area contributed by atoms with Crippen molar-refractivity contribution in [3.8, 4) is 11.1 Å². The molecule has 0 radical (unpaired) electrons. The van der Waals surface area contributed by atoms with Gasteiger partial charge in [-0.2, -0.15) is 0 Å². The monoisotopic (exact) mass is 230 g/mol. The number of carbonyl (C=O) groups is 1. The lowest BCUT2D eigenvalue weighted by Gasteiger charge is -2.06. The van der Waals surface area contributed by atoms with Crippen LogP contribution < -0.4 is 0 Å². The molecule has 0 spiro atoms. The zero-order chi connectivity index (χ0) is 12.4. The molecule has 1 N–H and O–H groups in total. The average Bonchev–Trinajstić information content (AvgIpc) is 2.29. The number of carboxylic acid groups (broad SMARTS) is 1. The van der Waals surface area contributed by atoms with Gasteiger partial charge in [0.2, 0.25) is 0 Å². The summed E-state index contributed by atoms with van der Waals surface area (Å²) in [6, 6.07) is 11.7. The molecule has 2 nitrogen and oxygen atoms in total. The van der Waals surface area contributed by atoms with Crippen molar-refractivity contribution in [2.45, 2.75) is 6.92 Å². The van der Waals surface area contributed by atoms with Gasteiger partial charge in [0.1, 0.15) is 5.82 Å². The molecule has 0 fully saturated rings. The zero-order valence-electron chi connectivity index (χ0n) is 9.27. The molecule has 0 heterocycles. The van der Waals surface area contributed by atoms with Gasteiger partial charge in [-0.15, -0.1) is 0 Å².